The number of esters is 1. The second-order valence-electron chi connectivity index (χ2n) is 6.87. The van der Waals surface area contributed by atoms with Gasteiger partial charge >= 0.3 is 5.97 Å². The fourth-order valence-corrected chi connectivity index (χ4v) is 3.41. The third-order valence-electron chi connectivity index (χ3n) is 5.22. The van der Waals surface area contributed by atoms with Crippen LogP contribution in [0, 0.1) is 0 Å². The summed E-state index contributed by atoms with van der Waals surface area (Å²) >= 11 is 0. The molecule has 6 nitrogen and oxygen atoms in total. The van der Waals surface area contributed by atoms with E-state index in [1.54, 1.807) is 4.57 Å². The number of fused-ring (bicyclic) bond motifs is 2. The molecule has 0 fully saturated rings. The Bertz CT molecular complexity index is 1180. The number of benzene rings is 2. The quantitative estimate of drug-likeness (QED) is 0.533. The summed E-state index contributed by atoms with van der Waals surface area (Å²) < 4.78 is 6.72. The van der Waals surface area contributed by atoms with Gasteiger partial charge in [-0.05, 0) is 42.2 Å². The number of hydrogen-bond acceptors (Lipinski definition) is 5. The fourth-order valence-electron chi connectivity index (χ4n) is 3.41. The van der Waals surface area contributed by atoms with Gasteiger partial charge in [-0.2, -0.15) is 0 Å². The normalized spacial score (nSPS) is 12.4. The predicted molar refractivity (Wildman–Crippen MR) is 111 cm³/mol. The number of anilines is 1. The number of nitrogens with zero attached hydrogens (tertiary/aromatic N) is 3. The second-order valence-corrected chi connectivity index (χ2v) is 6.87. The molecule has 28 heavy (non-hydrogen) atoms. The van der Waals surface area contributed by atoms with Crippen LogP contribution in [-0.4, -0.2) is 27.6 Å². The highest BCUT2D eigenvalue weighted by Gasteiger charge is 2.25. The van der Waals surface area contributed by atoms with E-state index in [0.717, 1.165) is 17.6 Å². The zero-order chi connectivity index (χ0) is 19.8. The molecular formula is C22H22N4O2. The van der Waals surface area contributed by atoms with E-state index < -0.39 is 5.97 Å². The van der Waals surface area contributed by atoms with E-state index in [1.165, 1.54) is 12.7 Å². The summed E-state index contributed by atoms with van der Waals surface area (Å²) in [7, 11) is 1.33. The molecule has 0 saturated heterocycles. The average Bonchev–Trinajstić information content (AvgIpc) is 3.01. The van der Waals surface area contributed by atoms with Gasteiger partial charge in [0.05, 0.1) is 18.1 Å². The van der Waals surface area contributed by atoms with Crippen molar-refractivity contribution in [1.82, 2.24) is 14.5 Å². The average molecular weight is 374 g/mol. The molecule has 0 radical (unpaired) electrons. The summed E-state index contributed by atoms with van der Waals surface area (Å²) in [5, 5.41) is 0. The van der Waals surface area contributed by atoms with E-state index in [2.05, 4.69) is 31.0 Å². The summed E-state index contributed by atoms with van der Waals surface area (Å²) in [5.74, 6) is 0.220. The van der Waals surface area contributed by atoms with Crippen molar-refractivity contribution in [2.75, 3.05) is 12.8 Å². The van der Waals surface area contributed by atoms with Crippen molar-refractivity contribution in [3.63, 3.8) is 0 Å². The Morgan fingerprint density at radius 1 is 1.11 bits per heavy atom. The molecule has 2 N–H and O–H groups in total. The number of hydrogen-bond donors (Lipinski definition) is 1. The summed E-state index contributed by atoms with van der Waals surface area (Å²) in [5.41, 5.74) is 11.1. The van der Waals surface area contributed by atoms with Crippen LogP contribution in [0.2, 0.25) is 0 Å². The number of methoxy groups -OCH3 is 1. The molecule has 1 unspecified atom stereocenters. The summed E-state index contributed by atoms with van der Waals surface area (Å²) in [4.78, 5) is 21.8. The lowest BCUT2D eigenvalue weighted by molar-refractivity contribution is 0.0604. The monoisotopic (exact) mass is 374 g/mol. The molecule has 142 valence electrons. The van der Waals surface area contributed by atoms with Crippen LogP contribution < -0.4 is 5.73 Å². The highest BCUT2D eigenvalue weighted by Crippen LogP contribution is 2.32. The molecule has 0 amide bonds. The van der Waals surface area contributed by atoms with Crippen LogP contribution in [0.4, 0.5) is 5.82 Å². The molecule has 0 aliphatic heterocycles. The minimum atomic E-state index is -0.526. The van der Waals surface area contributed by atoms with Crippen LogP contribution in [-0.2, 0) is 4.74 Å². The van der Waals surface area contributed by atoms with E-state index >= 15 is 0 Å². The van der Waals surface area contributed by atoms with Gasteiger partial charge in [0.25, 0.3) is 0 Å². The van der Waals surface area contributed by atoms with Crippen molar-refractivity contribution in [2.24, 2.45) is 0 Å². The van der Waals surface area contributed by atoms with Gasteiger partial charge in [-0.15, -0.1) is 0 Å². The molecular weight excluding hydrogens is 352 g/mol. The van der Waals surface area contributed by atoms with Crippen molar-refractivity contribution >= 4 is 34.0 Å². The van der Waals surface area contributed by atoms with Crippen LogP contribution >= 0.6 is 0 Å². The molecule has 2 aromatic carbocycles. The molecule has 4 rings (SSSR count). The first-order valence-corrected chi connectivity index (χ1v) is 9.30. The van der Waals surface area contributed by atoms with Gasteiger partial charge < -0.3 is 10.5 Å². The Balaban J connectivity index is 2.00. The maximum atomic E-state index is 12.4. The first-order valence-electron chi connectivity index (χ1n) is 9.30. The van der Waals surface area contributed by atoms with Gasteiger partial charge in [-0.3, -0.25) is 4.57 Å². The Labute approximate surface area is 163 Å². The first kappa shape index (κ1) is 18.0. The molecule has 1 atom stereocenters. The molecule has 2 aromatic heterocycles. The highest BCUT2D eigenvalue weighted by molar-refractivity contribution is 6.08. The highest BCUT2D eigenvalue weighted by atomic mass is 16.5. The van der Waals surface area contributed by atoms with Gasteiger partial charge in [0, 0.05) is 5.69 Å². The van der Waals surface area contributed by atoms with E-state index in [-0.39, 0.29) is 11.4 Å². The third kappa shape index (κ3) is 2.78. The first-order chi connectivity index (χ1) is 13.5. The van der Waals surface area contributed by atoms with Gasteiger partial charge in [-0.25, -0.2) is 14.8 Å². The van der Waals surface area contributed by atoms with Gasteiger partial charge in [0.1, 0.15) is 16.9 Å². The number of para-hydroxylation sites is 2. The Morgan fingerprint density at radius 3 is 2.36 bits per heavy atom. The molecule has 4 aromatic rings. The van der Waals surface area contributed by atoms with Gasteiger partial charge in [-0.1, -0.05) is 38.1 Å². The number of carbonyl (C=O) groups excluding carboxylic acids is 1. The maximum Gasteiger partial charge on any atom is 0.343 e. The number of carbonyl (C=O) groups is 1. The lowest BCUT2D eigenvalue weighted by Crippen LogP contribution is -2.07. The van der Waals surface area contributed by atoms with Crippen molar-refractivity contribution in [2.45, 2.75) is 26.2 Å². The van der Waals surface area contributed by atoms with Crippen LogP contribution in [0.15, 0.2) is 48.5 Å². The zero-order valence-corrected chi connectivity index (χ0v) is 16.1. The van der Waals surface area contributed by atoms with E-state index in [4.69, 9.17) is 15.5 Å². The van der Waals surface area contributed by atoms with E-state index in [0.29, 0.717) is 22.6 Å². The molecule has 0 aliphatic rings. The number of aromatic nitrogens is 3. The van der Waals surface area contributed by atoms with Crippen molar-refractivity contribution < 1.29 is 9.53 Å². The lowest BCUT2D eigenvalue weighted by Gasteiger charge is -2.12. The predicted octanol–water partition coefficient (Wildman–Crippen LogP) is 4.46. The summed E-state index contributed by atoms with van der Waals surface area (Å²) in [6.07, 6.45) is 1.07. The lowest BCUT2D eigenvalue weighted by atomic mass is 9.99. The van der Waals surface area contributed by atoms with Crippen molar-refractivity contribution in [1.29, 1.82) is 0 Å². The Morgan fingerprint density at radius 2 is 1.75 bits per heavy atom. The largest absolute Gasteiger partial charge is 0.465 e. The fraction of sp³-hybridized carbons (Fsp3) is 0.227. The number of rotatable bonds is 4. The molecule has 0 aliphatic carbocycles. The molecule has 0 spiro atoms. The topological polar surface area (TPSA) is 83.0 Å². The SMILES string of the molecule is CCC(C)c1ccc(-n2c(N)c(C(=O)OC)c3nc4ccccc4nc32)cc1. The Hall–Kier alpha value is -3.41. The minimum Gasteiger partial charge on any atom is -0.465 e. The van der Waals surface area contributed by atoms with Crippen molar-refractivity contribution in [3.05, 3.63) is 59.7 Å². The van der Waals surface area contributed by atoms with Crippen LogP contribution in [0.25, 0.3) is 27.9 Å². The van der Waals surface area contributed by atoms with Gasteiger partial charge in [0.15, 0.2) is 5.65 Å². The molecule has 0 saturated carbocycles. The number of nitrogens with two attached hydrogens (primary N) is 1. The van der Waals surface area contributed by atoms with Crippen LogP contribution in [0.5, 0.6) is 0 Å². The van der Waals surface area contributed by atoms with Crippen LogP contribution in [0.1, 0.15) is 42.1 Å². The maximum absolute atomic E-state index is 12.4. The van der Waals surface area contributed by atoms with E-state index in [9.17, 15) is 4.79 Å². The van der Waals surface area contributed by atoms with Gasteiger partial charge in [0.2, 0.25) is 0 Å². The summed E-state index contributed by atoms with van der Waals surface area (Å²) in [6.45, 7) is 4.36. The molecule has 0 bridgehead atoms. The second kappa shape index (κ2) is 6.96. The van der Waals surface area contributed by atoms with E-state index in [1.807, 2.05) is 36.4 Å². The molecule has 2 heterocycles. The number of ether oxygens (including phenoxy) is 1. The third-order valence-corrected chi connectivity index (χ3v) is 5.22. The standard InChI is InChI=1S/C22H22N4O2/c1-4-13(2)14-9-11-15(12-10-14)26-20(23)18(22(27)28-3)19-21(26)25-17-8-6-5-7-16(17)24-19/h5-13H,4,23H2,1-3H3. The van der Waals surface area contributed by atoms with Crippen molar-refractivity contribution in [3.8, 4) is 5.69 Å². The summed E-state index contributed by atoms with van der Waals surface area (Å²) in [6, 6.07) is 15.7. The number of nitrogen functional groups attached to an aromatic ring is 1. The zero-order valence-electron chi connectivity index (χ0n) is 16.1. The minimum absolute atomic E-state index is 0.238. The Kier molecular flexibility index (Phi) is 4.47. The van der Waals surface area contributed by atoms with Crippen LogP contribution in [0.3, 0.4) is 0 Å². The molecule has 6 heteroatoms. The smallest absolute Gasteiger partial charge is 0.343 e.